The van der Waals surface area contributed by atoms with E-state index < -0.39 is 10.0 Å². The largest absolute Gasteiger partial charge is 0.497 e. The van der Waals surface area contributed by atoms with Crippen molar-refractivity contribution >= 4 is 21.6 Å². The summed E-state index contributed by atoms with van der Waals surface area (Å²) in [5.74, 6) is 0.408. The summed E-state index contributed by atoms with van der Waals surface area (Å²) in [7, 11) is -0.314. The van der Waals surface area contributed by atoms with Crippen LogP contribution in [0.5, 0.6) is 5.75 Å². The molecule has 3 rings (SSSR count). The average molecular weight is 403 g/mol. The van der Waals surface area contributed by atoms with Gasteiger partial charge in [0.1, 0.15) is 5.75 Å². The SMILES string of the molecule is COc1ccc(C(=O)Nc2ccc(S(=O)(=O)N(C)C3CCCCC3)cc2)cc1. The molecule has 1 aliphatic carbocycles. The van der Waals surface area contributed by atoms with Crippen LogP contribution in [0.25, 0.3) is 0 Å². The number of carbonyl (C=O) groups excluding carboxylic acids is 1. The standard InChI is InChI=1S/C21H26N2O4S/c1-23(18-6-4-3-5-7-18)28(25,26)20-14-10-17(11-15-20)22-21(24)16-8-12-19(27-2)13-9-16/h8-15,18H,3-7H2,1-2H3,(H,22,24). The molecule has 0 unspecified atom stereocenters. The predicted octanol–water partition coefficient (Wildman–Crippen LogP) is 3.90. The van der Waals surface area contributed by atoms with Gasteiger partial charge in [0.25, 0.3) is 5.91 Å². The third-order valence-corrected chi connectivity index (χ3v) is 7.15. The summed E-state index contributed by atoms with van der Waals surface area (Å²) in [4.78, 5) is 12.6. The quantitative estimate of drug-likeness (QED) is 0.795. The Kier molecular flexibility index (Phi) is 6.36. The monoisotopic (exact) mass is 402 g/mol. The fourth-order valence-electron chi connectivity index (χ4n) is 3.46. The number of amides is 1. The molecule has 1 N–H and O–H groups in total. The van der Waals surface area contributed by atoms with Crippen LogP contribution in [0.3, 0.4) is 0 Å². The number of methoxy groups -OCH3 is 1. The van der Waals surface area contributed by atoms with Gasteiger partial charge in [-0.2, -0.15) is 4.31 Å². The second-order valence-electron chi connectivity index (χ2n) is 7.02. The van der Waals surface area contributed by atoms with Crippen molar-refractivity contribution in [2.24, 2.45) is 0 Å². The number of carbonyl (C=O) groups is 1. The lowest BCUT2D eigenvalue weighted by atomic mass is 9.96. The molecular weight excluding hydrogens is 376 g/mol. The van der Waals surface area contributed by atoms with Gasteiger partial charge in [0.2, 0.25) is 10.0 Å². The summed E-state index contributed by atoms with van der Waals surface area (Å²) in [5.41, 5.74) is 1.04. The maximum Gasteiger partial charge on any atom is 0.255 e. The number of nitrogens with zero attached hydrogens (tertiary/aromatic N) is 1. The molecule has 0 aliphatic heterocycles. The molecule has 1 saturated carbocycles. The zero-order chi connectivity index (χ0) is 20.1. The fraction of sp³-hybridized carbons (Fsp3) is 0.381. The topological polar surface area (TPSA) is 75.7 Å². The predicted molar refractivity (Wildman–Crippen MR) is 109 cm³/mol. The maximum absolute atomic E-state index is 12.9. The highest BCUT2D eigenvalue weighted by molar-refractivity contribution is 7.89. The molecule has 1 amide bonds. The second kappa shape index (κ2) is 8.75. The van der Waals surface area contributed by atoms with Gasteiger partial charge >= 0.3 is 0 Å². The minimum Gasteiger partial charge on any atom is -0.497 e. The molecule has 0 radical (unpaired) electrons. The number of hydrogen-bond donors (Lipinski definition) is 1. The van der Waals surface area contributed by atoms with Crippen LogP contribution in [0.1, 0.15) is 42.5 Å². The summed E-state index contributed by atoms with van der Waals surface area (Å²) in [5, 5.41) is 2.78. The lowest BCUT2D eigenvalue weighted by Gasteiger charge is -2.30. The normalized spacial score (nSPS) is 15.4. The first-order valence-electron chi connectivity index (χ1n) is 9.45. The molecule has 0 spiro atoms. The van der Waals surface area contributed by atoms with Gasteiger partial charge in [-0.05, 0) is 61.4 Å². The first kappa shape index (κ1) is 20.4. The average Bonchev–Trinajstić information content (AvgIpc) is 2.74. The summed E-state index contributed by atoms with van der Waals surface area (Å²) >= 11 is 0. The van der Waals surface area contributed by atoms with Gasteiger partial charge in [-0.25, -0.2) is 8.42 Å². The Morgan fingerprint density at radius 3 is 2.18 bits per heavy atom. The van der Waals surface area contributed by atoms with Gasteiger partial charge in [0, 0.05) is 24.3 Å². The number of rotatable bonds is 6. The molecule has 7 heteroatoms. The van der Waals surface area contributed by atoms with Crippen LogP contribution in [0, 0.1) is 0 Å². The van der Waals surface area contributed by atoms with Crippen molar-refractivity contribution in [1.29, 1.82) is 0 Å². The molecule has 150 valence electrons. The van der Waals surface area contributed by atoms with E-state index >= 15 is 0 Å². The van der Waals surface area contributed by atoms with Gasteiger partial charge in [-0.15, -0.1) is 0 Å². The zero-order valence-electron chi connectivity index (χ0n) is 16.2. The second-order valence-corrected chi connectivity index (χ2v) is 9.02. The van der Waals surface area contributed by atoms with E-state index in [1.807, 2.05) is 0 Å². The van der Waals surface area contributed by atoms with E-state index in [1.165, 1.54) is 22.9 Å². The molecule has 0 atom stereocenters. The molecule has 0 aromatic heterocycles. The van der Waals surface area contributed by atoms with Crippen LogP contribution in [0.2, 0.25) is 0 Å². The number of sulfonamides is 1. The van der Waals surface area contributed by atoms with E-state index in [4.69, 9.17) is 4.74 Å². The van der Waals surface area contributed by atoms with E-state index in [0.29, 0.717) is 17.0 Å². The first-order valence-corrected chi connectivity index (χ1v) is 10.9. The Morgan fingerprint density at radius 2 is 1.61 bits per heavy atom. The van der Waals surface area contributed by atoms with E-state index in [-0.39, 0.29) is 16.8 Å². The Morgan fingerprint density at radius 1 is 1.00 bits per heavy atom. The van der Waals surface area contributed by atoms with Gasteiger partial charge in [-0.1, -0.05) is 19.3 Å². The Hall–Kier alpha value is -2.38. The molecule has 1 aliphatic rings. The van der Waals surface area contributed by atoms with Crippen molar-refractivity contribution in [3.8, 4) is 5.75 Å². The number of nitrogens with one attached hydrogen (secondary N) is 1. The third kappa shape index (κ3) is 4.54. The van der Waals surface area contributed by atoms with Gasteiger partial charge in [0.05, 0.1) is 12.0 Å². The summed E-state index contributed by atoms with van der Waals surface area (Å²) in [6.07, 6.45) is 5.13. The Bertz CT molecular complexity index is 902. The van der Waals surface area contributed by atoms with Crippen molar-refractivity contribution in [1.82, 2.24) is 4.31 Å². The lowest BCUT2D eigenvalue weighted by Crippen LogP contribution is -2.38. The Labute approximate surface area is 166 Å². The van der Waals surface area contributed by atoms with Crippen LogP contribution >= 0.6 is 0 Å². The minimum atomic E-state index is -3.54. The smallest absolute Gasteiger partial charge is 0.255 e. The molecule has 0 bridgehead atoms. The van der Waals surface area contributed by atoms with E-state index in [2.05, 4.69) is 5.32 Å². The molecule has 0 saturated heterocycles. The lowest BCUT2D eigenvalue weighted by molar-refractivity contribution is 0.102. The van der Waals surface area contributed by atoms with E-state index in [9.17, 15) is 13.2 Å². The fourth-order valence-corrected chi connectivity index (χ4v) is 4.88. The highest BCUT2D eigenvalue weighted by Crippen LogP contribution is 2.27. The third-order valence-electron chi connectivity index (χ3n) is 5.23. The van der Waals surface area contributed by atoms with E-state index in [1.54, 1.807) is 50.6 Å². The molecule has 0 heterocycles. The van der Waals surface area contributed by atoms with Crippen molar-refractivity contribution in [2.75, 3.05) is 19.5 Å². The van der Waals surface area contributed by atoms with Gasteiger partial charge in [0.15, 0.2) is 0 Å². The molecule has 28 heavy (non-hydrogen) atoms. The van der Waals surface area contributed by atoms with E-state index in [0.717, 1.165) is 25.7 Å². The number of hydrogen-bond acceptors (Lipinski definition) is 4. The van der Waals surface area contributed by atoms with Crippen molar-refractivity contribution in [3.05, 3.63) is 54.1 Å². The van der Waals surface area contributed by atoms with Gasteiger partial charge < -0.3 is 10.1 Å². The number of benzene rings is 2. The highest BCUT2D eigenvalue weighted by atomic mass is 32.2. The van der Waals surface area contributed by atoms with Crippen LogP contribution in [0.4, 0.5) is 5.69 Å². The van der Waals surface area contributed by atoms with Crippen molar-refractivity contribution in [3.63, 3.8) is 0 Å². The summed E-state index contributed by atoms with van der Waals surface area (Å²) in [6.45, 7) is 0. The minimum absolute atomic E-state index is 0.0631. The molecule has 1 fully saturated rings. The maximum atomic E-state index is 12.9. The molecular formula is C21H26N2O4S. The molecule has 2 aromatic carbocycles. The molecule has 6 nitrogen and oxygen atoms in total. The summed E-state index contributed by atoms with van der Waals surface area (Å²) < 4.78 is 32.3. The van der Waals surface area contributed by atoms with Crippen molar-refractivity contribution < 1.29 is 17.9 Å². The summed E-state index contributed by atoms with van der Waals surface area (Å²) in [6, 6.07) is 13.1. The van der Waals surface area contributed by atoms with Crippen LogP contribution in [-0.4, -0.2) is 38.8 Å². The number of ether oxygens (including phenoxy) is 1. The van der Waals surface area contributed by atoms with Gasteiger partial charge in [-0.3, -0.25) is 4.79 Å². The van der Waals surface area contributed by atoms with Crippen molar-refractivity contribution in [2.45, 2.75) is 43.0 Å². The van der Waals surface area contributed by atoms with Crippen LogP contribution in [-0.2, 0) is 10.0 Å². The molecule has 2 aromatic rings. The van der Waals surface area contributed by atoms with Crippen LogP contribution in [0.15, 0.2) is 53.4 Å². The first-order chi connectivity index (χ1) is 13.4. The Balaban J connectivity index is 1.69. The highest BCUT2D eigenvalue weighted by Gasteiger charge is 2.28. The number of anilines is 1. The van der Waals surface area contributed by atoms with Crippen LogP contribution < -0.4 is 10.1 Å². The zero-order valence-corrected chi connectivity index (χ0v) is 17.0.